The highest BCUT2D eigenvalue weighted by Gasteiger charge is 2.29. The molecule has 2 rings (SSSR count). The van der Waals surface area contributed by atoms with E-state index in [0.29, 0.717) is 13.0 Å². The molecular formula is C16H24N2O4S2. The zero-order valence-electron chi connectivity index (χ0n) is 14.0. The number of aliphatic hydroxyl groups excluding tert-OH is 1. The topological polar surface area (TPSA) is 77.9 Å². The monoisotopic (exact) mass is 372 g/mol. The van der Waals surface area contributed by atoms with Crippen molar-refractivity contribution in [3.63, 3.8) is 0 Å². The molecule has 0 radical (unpaired) electrons. The number of rotatable bonds is 8. The number of carbonyl (C=O) groups is 1. The standard InChI is InChI=1S/C16H24N2O4S2/c1-13(19)16-11-23-12-18(16)9-8-14(20)10-17(2)24(21,22)15-6-4-3-5-7-15/h3-7,14,16,20H,8-12H2,1-2H3/t14?,16-/m0/s1. The summed E-state index contributed by atoms with van der Waals surface area (Å²) in [4.78, 5) is 13.8. The van der Waals surface area contributed by atoms with Gasteiger partial charge in [0.05, 0.1) is 17.0 Å². The Kier molecular flexibility index (Phi) is 6.82. The van der Waals surface area contributed by atoms with Crippen LogP contribution in [-0.4, -0.2) is 72.4 Å². The van der Waals surface area contributed by atoms with Gasteiger partial charge < -0.3 is 5.11 Å². The number of likely N-dealkylation sites (N-methyl/N-ethyl adjacent to an activating group) is 1. The van der Waals surface area contributed by atoms with Gasteiger partial charge in [0.15, 0.2) is 0 Å². The summed E-state index contributed by atoms with van der Waals surface area (Å²) >= 11 is 1.70. The molecule has 2 atom stereocenters. The van der Waals surface area contributed by atoms with E-state index < -0.39 is 16.1 Å². The maximum Gasteiger partial charge on any atom is 0.242 e. The van der Waals surface area contributed by atoms with Gasteiger partial charge in [-0.1, -0.05) is 18.2 Å². The molecule has 1 aliphatic rings. The van der Waals surface area contributed by atoms with Gasteiger partial charge in [-0.2, -0.15) is 4.31 Å². The van der Waals surface area contributed by atoms with Gasteiger partial charge in [0.1, 0.15) is 5.78 Å². The van der Waals surface area contributed by atoms with E-state index in [1.54, 1.807) is 36.9 Å². The van der Waals surface area contributed by atoms with Crippen LogP contribution in [0.4, 0.5) is 0 Å². The fourth-order valence-electron chi connectivity index (χ4n) is 2.65. The molecule has 0 aliphatic carbocycles. The molecule has 1 aromatic rings. The minimum absolute atomic E-state index is 0.0307. The lowest BCUT2D eigenvalue weighted by Crippen LogP contribution is -2.40. The Balaban J connectivity index is 1.88. The minimum Gasteiger partial charge on any atom is -0.392 e. The van der Waals surface area contributed by atoms with Crippen LogP contribution in [0, 0.1) is 0 Å². The summed E-state index contributed by atoms with van der Waals surface area (Å²) in [5.41, 5.74) is 0. The van der Waals surface area contributed by atoms with E-state index in [0.717, 1.165) is 11.6 Å². The van der Waals surface area contributed by atoms with Crippen molar-refractivity contribution in [2.24, 2.45) is 0 Å². The molecule has 1 N–H and O–H groups in total. The van der Waals surface area contributed by atoms with E-state index in [1.807, 2.05) is 4.90 Å². The second-order valence-electron chi connectivity index (χ2n) is 5.98. The molecule has 8 heteroatoms. The molecule has 134 valence electrons. The molecule has 6 nitrogen and oxygen atoms in total. The van der Waals surface area contributed by atoms with Crippen molar-refractivity contribution in [3.05, 3.63) is 30.3 Å². The van der Waals surface area contributed by atoms with Gasteiger partial charge in [-0.05, 0) is 25.5 Å². The SMILES string of the molecule is CC(=O)[C@@H]1CSCN1CCC(O)CN(C)S(=O)(=O)c1ccccc1. The first-order valence-electron chi connectivity index (χ1n) is 7.84. The van der Waals surface area contributed by atoms with E-state index in [2.05, 4.69) is 0 Å². The number of sulfonamides is 1. The molecule has 0 spiro atoms. The maximum absolute atomic E-state index is 12.4. The van der Waals surface area contributed by atoms with Gasteiger partial charge in [-0.3, -0.25) is 9.69 Å². The number of nitrogens with zero attached hydrogens (tertiary/aromatic N) is 2. The van der Waals surface area contributed by atoms with Crippen molar-refractivity contribution in [1.29, 1.82) is 0 Å². The van der Waals surface area contributed by atoms with E-state index in [9.17, 15) is 18.3 Å². The Morgan fingerprint density at radius 3 is 2.71 bits per heavy atom. The Morgan fingerprint density at radius 2 is 2.08 bits per heavy atom. The summed E-state index contributed by atoms with van der Waals surface area (Å²) in [7, 11) is -2.13. The van der Waals surface area contributed by atoms with Crippen molar-refractivity contribution < 1.29 is 18.3 Å². The van der Waals surface area contributed by atoms with Crippen molar-refractivity contribution in [1.82, 2.24) is 9.21 Å². The number of aliphatic hydroxyl groups is 1. The third-order valence-electron chi connectivity index (χ3n) is 4.11. The number of Topliss-reactive ketones (excluding diaryl/α,β-unsaturated/α-hetero) is 1. The smallest absolute Gasteiger partial charge is 0.242 e. The largest absolute Gasteiger partial charge is 0.392 e. The summed E-state index contributed by atoms with van der Waals surface area (Å²) in [6.45, 7) is 2.20. The Morgan fingerprint density at radius 1 is 1.42 bits per heavy atom. The zero-order chi connectivity index (χ0) is 17.7. The van der Waals surface area contributed by atoms with Gasteiger partial charge in [0.2, 0.25) is 10.0 Å². The molecule has 1 heterocycles. The second-order valence-corrected chi connectivity index (χ2v) is 9.02. The van der Waals surface area contributed by atoms with Crippen LogP contribution in [0.1, 0.15) is 13.3 Å². The Labute approximate surface area is 147 Å². The quantitative estimate of drug-likeness (QED) is 0.734. The average Bonchev–Trinajstić information content (AvgIpc) is 3.02. The molecule has 1 aliphatic heterocycles. The van der Waals surface area contributed by atoms with Crippen LogP contribution in [0.25, 0.3) is 0 Å². The van der Waals surface area contributed by atoms with Crippen molar-refractivity contribution >= 4 is 27.6 Å². The van der Waals surface area contributed by atoms with Crippen LogP contribution in [0.15, 0.2) is 35.2 Å². The number of carbonyl (C=O) groups excluding carboxylic acids is 1. The molecule has 0 aromatic heterocycles. The van der Waals surface area contributed by atoms with Crippen LogP contribution in [0.3, 0.4) is 0 Å². The molecule has 1 saturated heterocycles. The lowest BCUT2D eigenvalue weighted by molar-refractivity contribution is -0.120. The number of hydrogen-bond acceptors (Lipinski definition) is 6. The van der Waals surface area contributed by atoms with Crippen LogP contribution < -0.4 is 0 Å². The summed E-state index contributed by atoms with van der Waals surface area (Å²) in [5, 5.41) is 10.2. The lowest BCUT2D eigenvalue weighted by Gasteiger charge is -2.24. The zero-order valence-corrected chi connectivity index (χ0v) is 15.6. The highest BCUT2D eigenvalue weighted by atomic mass is 32.2. The fourth-order valence-corrected chi connectivity index (χ4v) is 5.19. The fraction of sp³-hybridized carbons (Fsp3) is 0.562. The minimum atomic E-state index is -3.59. The molecule has 1 unspecified atom stereocenters. The summed E-state index contributed by atoms with van der Waals surface area (Å²) in [6, 6.07) is 8.09. The van der Waals surface area contributed by atoms with E-state index in [4.69, 9.17) is 0 Å². The van der Waals surface area contributed by atoms with Crippen LogP contribution >= 0.6 is 11.8 Å². The molecule has 0 amide bonds. The van der Waals surface area contributed by atoms with Gasteiger partial charge in [-0.15, -0.1) is 11.8 Å². The third kappa shape index (κ3) is 4.80. The first-order valence-corrected chi connectivity index (χ1v) is 10.4. The maximum atomic E-state index is 12.4. The average molecular weight is 373 g/mol. The number of ketones is 1. The van der Waals surface area contributed by atoms with Crippen molar-refractivity contribution in [2.75, 3.05) is 31.8 Å². The molecule has 1 aromatic carbocycles. The summed E-state index contributed by atoms with van der Waals surface area (Å²) in [6.07, 6.45) is -0.342. The van der Waals surface area contributed by atoms with Crippen LogP contribution in [0.5, 0.6) is 0 Å². The predicted octanol–water partition coefficient (Wildman–Crippen LogP) is 1.02. The van der Waals surface area contributed by atoms with Gasteiger partial charge >= 0.3 is 0 Å². The molecular weight excluding hydrogens is 348 g/mol. The molecule has 1 fully saturated rings. The van der Waals surface area contributed by atoms with Crippen LogP contribution in [0.2, 0.25) is 0 Å². The first-order chi connectivity index (χ1) is 11.3. The van der Waals surface area contributed by atoms with E-state index in [-0.39, 0.29) is 23.3 Å². The van der Waals surface area contributed by atoms with Crippen molar-refractivity contribution in [2.45, 2.75) is 30.4 Å². The van der Waals surface area contributed by atoms with Crippen LogP contribution in [-0.2, 0) is 14.8 Å². The summed E-state index contributed by atoms with van der Waals surface area (Å²) < 4.78 is 26.0. The Bertz CT molecular complexity index is 651. The molecule has 24 heavy (non-hydrogen) atoms. The number of thioether (sulfide) groups is 1. The second kappa shape index (κ2) is 8.44. The van der Waals surface area contributed by atoms with Gasteiger partial charge in [0, 0.05) is 31.8 Å². The third-order valence-corrected chi connectivity index (χ3v) is 7.01. The number of benzene rings is 1. The normalized spacial score (nSPS) is 20.4. The van der Waals surface area contributed by atoms with E-state index in [1.165, 1.54) is 23.5 Å². The first kappa shape index (κ1) is 19.4. The molecule has 0 bridgehead atoms. The number of hydrogen-bond donors (Lipinski definition) is 1. The Hall–Kier alpha value is -0.930. The van der Waals surface area contributed by atoms with E-state index >= 15 is 0 Å². The highest BCUT2D eigenvalue weighted by Crippen LogP contribution is 2.22. The summed E-state index contributed by atoms with van der Waals surface area (Å²) in [5.74, 6) is 1.70. The van der Waals surface area contributed by atoms with Gasteiger partial charge in [0.25, 0.3) is 0 Å². The highest BCUT2D eigenvalue weighted by molar-refractivity contribution is 7.99. The predicted molar refractivity (Wildman–Crippen MR) is 95.4 cm³/mol. The molecule has 0 saturated carbocycles. The van der Waals surface area contributed by atoms with Crippen molar-refractivity contribution in [3.8, 4) is 0 Å². The van der Waals surface area contributed by atoms with Gasteiger partial charge in [-0.25, -0.2) is 8.42 Å². The lowest BCUT2D eigenvalue weighted by atomic mass is 10.2.